The fourth-order valence-electron chi connectivity index (χ4n) is 1.59. The van der Waals surface area contributed by atoms with Gasteiger partial charge in [0.25, 0.3) is 5.92 Å². The summed E-state index contributed by atoms with van der Waals surface area (Å²) >= 11 is 5.86. The number of fused-ring (bicyclic) bond motifs is 1. The molecular weight excluding hydrogens is 234 g/mol. The molecule has 0 bridgehead atoms. The Bertz CT molecular complexity index is 508. The number of pyridine rings is 1. The van der Waals surface area contributed by atoms with Gasteiger partial charge in [0.15, 0.2) is 0 Å². The van der Waals surface area contributed by atoms with E-state index in [0.717, 1.165) is 0 Å². The van der Waals surface area contributed by atoms with E-state index in [2.05, 4.69) is 4.98 Å². The predicted octanol–water partition coefficient (Wildman–Crippen LogP) is 3.74. The molecule has 0 radical (unpaired) electrons. The molecule has 0 saturated carbocycles. The maximum atomic E-state index is 13.3. The van der Waals surface area contributed by atoms with Gasteiger partial charge in [0.2, 0.25) is 0 Å². The predicted molar refractivity (Wildman–Crippen MR) is 60.0 cm³/mol. The molecule has 0 aliphatic heterocycles. The van der Waals surface area contributed by atoms with Gasteiger partial charge in [-0.3, -0.25) is 0 Å². The van der Waals surface area contributed by atoms with Crippen LogP contribution in [0.4, 0.5) is 8.78 Å². The highest BCUT2D eigenvalue weighted by atomic mass is 35.5. The SMILES string of the molecule is CCC(F)(F)Cn1ccc2c(Cl)nccc21. The molecule has 0 aromatic carbocycles. The van der Waals surface area contributed by atoms with Crippen molar-refractivity contribution in [2.75, 3.05) is 0 Å². The van der Waals surface area contributed by atoms with Gasteiger partial charge in [-0.2, -0.15) is 0 Å². The summed E-state index contributed by atoms with van der Waals surface area (Å²) < 4.78 is 28.1. The Morgan fingerprint density at radius 1 is 1.44 bits per heavy atom. The molecule has 0 amide bonds. The van der Waals surface area contributed by atoms with Gasteiger partial charge in [0.05, 0.1) is 12.1 Å². The summed E-state index contributed by atoms with van der Waals surface area (Å²) in [4.78, 5) is 3.90. The molecular formula is C11H11ClF2N2. The second kappa shape index (κ2) is 4.01. The van der Waals surface area contributed by atoms with Crippen molar-refractivity contribution >= 4 is 22.5 Å². The summed E-state index contributed by atoms with van der Waals surface area (Å²) in [7, 11) is 0. The third-order valence-electron chi connectivity index (χ3n) is 2.57. The van der Waals surface area contributed by atoms with Crippen molar-refractivity contribution in [1.29, 1.82) is 0 Å². The summed E-state index contributed by atoms with van der Waals surface area (Å²) in [6.07, 6.45) is 2.96. The fraction of sp³-hybridized carbons (Fsp3) is 0.364. The molecule has 16 heavy (non-hydrogen) atoms. The number of nitrogens with zero attached hydrogens (tertiary/aromatic N) is 2. The quantitative estimate of drug-likeness (QED) is 0.752. The topological polar surface area (TPSA) is 17.8 Å². The summed E-state index contributed by atoms with van der Waals surface area (Å²) in [5.41, 5.74) is 0.688. The van der Waals surface area contributed by atoms with Crippen LogP contribution in [0.15, 0.2) is 24.5 Å². The van der Waals surface area contributed by atoms with Crippen molar-refractivity contribution in [2.45, 2.75) is 25.8 Å². The third kappa shape index (κ3) is 2.02. The second-order valence-electron chi connectivity index (χ2n) is 3.69. The van der Waals surface area contributed by atoms with Gasteiger partial charge in [-0.15, -0.1) is 0 Å². The van der Waals surface area contributed by atoms with E-state index < -0.39 is 5.92 Å². The molecule has 2 aromatic heterocycles. The van der Waals surface area contributed by atoms with E-state index in [1.54, 1.807) is 18.3 Å². The van der Waals surface area contributed by atoms with Gasteiger partial charge in [-0.25, -0.2) is 13.8 Å². The average Bonchev–Trinajstić information content (AvgIpc) is 2.63. The first kappa shape index (κ1) is 11.3. The van der Waals surface area contributed by atoms with Crippen LogP contribution in [0.3, 0.4) is 0 Å². The zero-order valence-corrected chi connectivity index (χ0v) is 9.51. The molecule has 0 N–H and O–H groups in total. The van der Waals surface area contributed by atoms with Gasteiger partial charge in [0, 0.05) is 24.2 Å². The Balaban J connectivity index is 2.43. The number of rotatable bonds is 3. The van der Waals surface area contributed by atoms with Crippen LogP contribution in [0, 0.1) is 0 Å². The molecule has 0 fully saturated rings. The average molecular weight is 245 g/mol. The molecule has 2 aromatic rings. The number of aromatic nitrogens is 2. The van der Waals surface area contributed by atoms with Crippen molar-refractivity contribution in [1.82, 2.24) is 9.55 Å². The first-order chi connectivity index (χ1) is 7.53. The zero-order chi connectivity index (χ0) is 11.8. The van der Waals surface area contributed by atoms with E-state index in [9.17, 15) is 8.78 Å². The fourth-order valence-corrected chi connectivity index (χ4v) is 1.80. The standard InChI is InChI=1S/C11H11ClF2N2/c1-2-11(13,14)7-16-6-4-8-9(16)3-5-15-10(8)12/h3-6H,2,7H2,1H3. The summed E-state index contributed by atoms with van der Waals surface area (Å²) in [5.74, 6) is -2.69. The van der Waals surface area contributed by atoms with Crippen molar-refractivity contribution in [3.63, 3.8) is 0 Å². The first-order valence-corrected chi connectivity index (χ1v) is 5.38. The van der Waals surface area contributed by atoms with Gasteiger partial charge in [-0.1, -0.05) is 18.5 Å². The normalized spacial score (nSPS) is 12.2. The Morgan fingerprint density at radius 2 is 2.19 bits per heavy atom. The molecule has 0 spiro atoms. The Kier molecular flexibility index (Phi) is 2.84. The lowest BCUT2D eigenvalue weighted by molar-refractivity contribution is -0.0187. The second-order valence-corrected chi connectivity index (χ2v) is 4.05. The van der Waals surface area contributed by atoms with Crippen molar-refractivity contribution in [2.24, 2.45) is 0 Å². The van der Waals surface area contributed by atoms with Crippen molar-refractivity contribution in [3.8, 4) is 0 Å². The maximum absolute atomic E-state index is 13.3. The van der Waals surface area contributed by atoms with Crippen LogP contribution in [-0.2, 0) is 6.54 Å². The molecule has 0 saturated heterocycles. The molecule has 86 valence electrons. The zero-order valence-electron chi connectivity index (χ0n) is 8.75. The van der Waals surface area contributed by atoms with Crippen LogP contribution in [0.2, 0.25) is 5.15 Å². The van der Waals surface area contributed by atoms with Crippen LogP contribution in [0.1, 0.15) is 13.3 Å². The van der Waals surface area contributed by atoms with E-state index in [1.165, 1.54) is 17.7 Å². The highest BCUT2D eigenvalue weighted by Crippen LogP contribution is 2.26. The van der Waals surface area contributed by atoms with Crippen molar-refractivity contribution in [3.05, 3.63) is 29.7 Å². The minimum Gasteiger partial charge on any atom is -0.341 e. The minimum absolute atomic E-state index is 0.175. The molecule has 2 rings (SSSR count). The van der Waals surface area contributed by atoms with Crippen LogP contribution >= 0.6 is 11.6 Å². The Hall–Kier alpha value is -1.16. The highest BCUT2D eigenvalue weighted by Gasteiger charge is 2.27. The highest BCUT2D eigenvalue weighted by molar-refractivity contribution is 6.34. The van der Waals surface area contributed by atoms with Crippen LogP contribution in [-0.4, -0.2) is 15.5 Å². The van der Waals surface area contributed by atoms with Gasteiger partial charge < -0.3 is 4.57 Å². The number of halogens is 3. The van der Waals surface area contributed by atoms with Crippen LogP contribution < -0.4 is 0 Å². The minimum atomic E-state index is -2.69. The largest absolute Gasteiger partial charge is 0.341 e. The molecule has 5 heteroatoms. The lowest BCUT2D eigenvalue weighted by Crippen LogP contribution is -2.22. The molecule has 2 nitrogen and oxygen atoms in total. The lowest BCUT2D eigenvalue weighted by Gasteiger charge is -2.15. The summed E-state index contributed by atoms with van der Waals surface area (Å²) in [5, 5.41) is 1.05. The van der Waals surface area contributed by atoms with E-state index in [4.69, 9.17) is 11.6 Å². The van der Waals surface area contributed by atoms with Gasteiger partial charge in [-0.05, 0) is 12.1 Å². The maximum Gasteiger partial charge on any atom is 0.265 e. The molecule has 0 unspecified atom stereocenters. The molecule has 2 heterocycles. The molecule has 0 aliphatic carbocycles. The Morgan fingerprint density at radius 3 is 2.88 bits per heavy atom. The van der Waals surface area contributed by atoms with E-state index >= 15 is 0 Å². The van der Waals surface area contributed by atoms with E-state index in [-0.39, 0.29) is 13.0 Å². The lowest BCUT2D eigenvalue weighted by atomic mass is 10.2. The summed E-state index contributed by atoms with van der Waals surface area (Å²) in [6, 6.07) is 3.39. The van der Waals surface area contributed by atoms with E-state index in [0.29, 0.717) is 16.1 Å². The molecule has 0 atom stereocenters. The summed E-state index contributed by atoms with van der Waals surface area (Å²) in [6.45, 7) is 1.15. The number of hydrogen-bond acceptors (Lipinski definition) is 1. The smallest absolute Gasteiger partial charge is 0.265 e. The number of hydrogen-bond donors (Lipinski definition) is 0. The van der Waals surface area contributed by atoms with Gasteiger partial charge in [0.1, 0.15) is 5.15 Å². The van der Waals surface area contributed by atoms with Gasteiger partial charge >= 0.3 is 0 Å². The first-order valence-electron chi connectivity index (χ1n) is 5.01. The third-order valence-corrected chi connectivity index (χ3v) is 2.87. The van der Waals surface area contributed by atoms with Crippen molar-refractivity contribution < 1.29 is 8.78 Å². The van der Waals surface area contributed by atoms with Crippen LogP contribution in [0.25, 0.3) is 10.9 Å². The monoisotopic (exact) mass is 244 g/mol. The van der Waals surface area contributed by atoms with E-state index in [1.807, 2.05) is 0 Å². The molecule has 0 aliphatic rings. The Labute approximate surface area is 96.8 Å². The van der Waals surface area contributed by atoms with Crippen LogP contribution in [0.5, 0.6) is 0 Å². The number of alkyl halides is 2.